The summed E-state index contributed by atoms with van der Waals surface area (Å²) in [5, 5.41) is 9.53. The third kappa shape index (κ3) is 5.78. The molecule has 0 spiro atoms. The minimum atomic E-state index is -4.99. The number of hydrogen-bond donors (Lipinski definition) is 4. The fraction of sp³-hybridized carbons (Fsp3) is 0.385. The number of thiazole rings is 1. The third-order valence-electron chi connectivity index (χ3n) is 3.61. The van der Waals surface area contributed by atoms with Gasteiger partial charge in [0.15, 0.2) is 10.8 Å². The van der Waals surface area contributed by atoms with E-state index < -0.39 is 58.5 Å². The van der Waals surface area contributed by atoms with E-state index in [-0.39, 0.29) is 21.0 Å². The number of oxime groups is 1. The van der Waals surface area contributed by atoms with Crippen LogP contribution in [0.5, 0.6) is 0 Å². The van der Waals surface area contributed by atoms with Crippen LogP contribution in [0.3, 0.4) is 0 Å². The molecule has 170 valence electrons. The van der Waals surface area contributed by atoms with E-state index in [2.05, 4.69) is 30.3 Å². The van der Waals surface area contributed by atoms with E-state index in [4.69, 9.17) is 21.9 Å². The maximum atomic E-state index is 12.6. The minimum absolute atomic E-state index is 0.0245. The minimum Gasteiger partial charge on any atom is -0.447 e. The summed E-state index contributed by atoms with van der Waals surface area (Å²) >= 11 is 6.33. The maximum Gasteiger partial charge on any atom is 0.404 e. The highest BCUT2D eigenvalue weighted by Gasteiger charge is 2.54. The van der Waals surface area contributed by atoms with Gasteiger partial charge >= 0.3 is 16.4 Å². The lowest BCUT2D eigenvalue weighted by molar-refractivity contribution is -0.146. The Morgan fingerprint density at radius 3 is 2.68 bits per heavy atom. The van der Waals surface area contributed by atoms with Gasteiger partial charge in [-0.05, 0) is 0 Å². The molecular weight excluding hydrogens is 484 g/mol. The van der Waals surface area contributed by atoms with Gasteiger partial charge in [-0.15, -0.1) is 22.9 Å². The summed E-state index contributed by atoms with van der Waals surface area (Å²) in [6.45, 7) is -0.728. The summed E-state index contributed by atoms with van der Waals surface area (Å²) in [5.41, 5.74) is 4.36. The molecule has 1 aliphatic rings. The number of ether oxygens (including phenoxy) is 1. The number of alkyl halides is 1. The van der Waals surface area contributed by atoms with Crippen LogP contribution in [0.4, 0.5) is 9.93 Å². The molecule has 18 heteroatoms. The molecule has 2 atom stereocenters. The number of rotatable bonds is 9. The molecule has 5 N–H and O–H groups in total. The monoisotopic (exact) mass is 498 g/mol. The van der Waals surface area contributed by atoms with Gasteiger partial charge < -0.3 is 25.9 Å². The number of nitrogens with zero attached hydrogens (tertiary/aromatic N) is 3. The number of hydrogen-bond acceptors (Lipinski definition) is 11. The molecule has 0 bridgehead atoms. The number of primary amides is 1. The van der Waals surface area contributed by atoms with E-state index >= 15 is 0 Å². The Balaban J connectivity index is 2.21. The Labute approximate surface area is 183 Å². The van der Waals surface area contributed by atoms with Crippen molar-refractivity contribution in [2.24, 2.45) is 10.9 Å². The van der Waals surface area contributed by atoms with E-state index in [1.54, 1.807) is 0 Å². The van der Waals surface area contributed by atoms with Gasteiger partial charge in [0.25, 0.3) is 11.8 Å². The lowest BCUT2D eigenvalue weighted by atomic mass is 9.99. The first-order chi connectivity index (χ1) is 14.5. The van der Waals surface area contributed by atoms with E-state index in [0.29, 0.717) is 0 Å². The molecule has 15 nitrogen and oxygen atoms in total. The largest absolute Gasteiger partial charge is 0.447 e. The van der Waals surface area contributed by atoms with Crippen LogP contribution >= 0.6 is 22.9 Å². The van der Waals surface area contributed by atoms with Crippen molar-refractivity contribution in [1.29, 1.82) is 0 Å². The predicted octanol–water partition coefficient (Wildman–Crippen LogP) is -1.74. The smallest absolute Gasteiger partial charge is 0.404 e. The van der Waals surface area contributed by atoms with Crippen LogP contribution < -0.4 is 16.4 Å². The van der Waals surface area contributed by atoms with Gasteiger partial charge in [0.05, 0.1) is 0 Å². The number of aromatic nitrogens is 1. The van der Waals surface area contributed by atoms with Gasteiger partial charge in [0.2, 0.25) is 5.91 Å². The number of amides is 4. The Kier molecular flexibility index (Phi) is 7.71. The number of carbonyl (C=O) groups excluding carboxylic acids is 4. The summed E-state index contributed by atoms with van der Waals surface area (Å²) in [5.74, 6) is -3.07. The Hall–Kier alpha value is -3.02. The van der Waals surface area contributed by atoms with Crippen LogP contribution in [-0.2, 0) is 34.3 Å². The van der Waals surface area contributed by atoms with Gasteiger partial charge in [0, 0.05) is 5.38 Å². The average Bonchev–Trinajstić information content (AvgIpc) is 3.13. The van der Waals surface area contributed by atoms with Gasteiger partial charge in [-0.3, -0.25) is 18.9 Å². The zero-order chi connectivity index (χ0) is 23.3. The number of carbonyl (C=O) groups is 4. The molecule has 2 heterocycles. The maximum absolute atomic E-state index is 12.6. The Morgan fingerprint density at radius 1 is 1.45 bits per heavy atom. The van der Waals surface area contributed by atoms with Crippen molar-refractivity contribution >= 4 is 67.9 Å². The van der Waals surface area contributed by atoms with Crippen molar-refractivity contribution in [1.82, 2.24) is 14.6 Å². The van der Waals surface area contributed by atoms with Crippen molar-refractivity contribution < 1.29 is 41.7 Å². The number of β-lactam (4-membered cyclic amide) rings is 1. The summed E-state index contributed by atoms with van der Waals surface area (Å²) in [6.07, 6.45) is -1.27. The van der Waals surface area contributed by atoms with Crippen LogP contribution in [0.15, 0.2) is 10.5 Å². The highest BCUT2D eigenvalue weighted by molar-refractivity contribution is 7.84. The molecule has 1 saturated heterocycles. The molecule has 0 saturated carbocycles. The first kappa shape index (κ1) is 24.3. The second-order valence-electron chi connectivity index (χ2n) is 5.60. The van der Waals surface area contributed by atoms with Gasteiger partial charge in [0.1, 0.15) is 37.4 Å². The van der Waals surface area contributed by atoms with Gasteiger partial charge in [-0.1, -0.05) is 5.16 Å². The first-order valence-electron chi connectivity index (χ1n) is 7.96. The van der Waals surface area contributed by atoms with Crippen molar-refractivity contribution in [2.45, 2.75) is 12.1 Å². The molecule has 0 aromatic carbocycles. The Morgan fingerprint density at radius 2 is 2.13 bits per heavy atom. The normalized spacial score (nSPS) is 18.7. The van der Waals surface area contributed by atoms with Crippen LogP contribution in [0.2, 0.25) is 0 Å². The molecule has 1 aromatic heterocycles. The van der Waals surface area contributed by atoms with Crippen LogP contribution in [0.25, 0.3) is 0 Å². The molecule has 1 aliphatic heterocycles. The summed E-state index contributed by atoms with van der Waals surface area (Å²) in [4.78, 5) is 55.5. The molecule has 1 aromatic rings. The SMILES string of the molecule is CON=C(C(=O)N[C@H]1C(=O)N(S(=O)(=O)O)[C@H]1COC(N)=O)c1csc(NC(=O)CCl)n1. The predicted molar refractivity (Wildman–Crippen MR) is 105 cm³/mol. The summed E-state index contributed by atoms with van der Waals surface area (Å²) in [7, 11) is -3.86. The second kappa shape index (κ2) is 9.86. The molecule has 0 unspecified atom stereocenters. The zero-order valence-electron chi connectivity index (χ0n) is 15.5. The lowest BCUT2D eigenvalue weighted by Crippen LogP contribution is -2.73. The van der Waals surface area contributed by atoms with Crippen molar-refractivity contribution in [3.63, 3.8) is 0 Å². The van der Waals surface area contributed by atoms with Crippen molar-refractivity contribution in [3.8, 4) is 0 Å². The zero-order valence-corrected chi connectivity index (χ0v) is 17.9. The number of anilines is 1. The molecular formula is C13H15ClN6O9S2. The molecule has 31 heavy (non-hydrogen) atoms. The third-order valence-corrected chi connectivity index (χ3v) is 5.56. The highest BCUT2D eigenvalue weighted by Crippen LogP contribution is 2.24. The lowest BCUT2D eigenvalue weighted by Gasteiger charge is -2.43. The van der Waals surface area contributed by atoms with Gasteiger partial charge in [-0.25, -0.2) is 14.1 Å². The van der Waals surface area contributed by atoms with Gasteiger partial charge in [-0.2, -0.15) is 8.42 Å². The van der Waals surface area contributed by atoms with E-state index in [1.165, 1.54) is 5.38 Å². The van der Waals surface area contributed by atoms with Crippen molar-refractivity contribution in [2.75, 3.05) is 24.9 Å². The van der Waals surface area contributed by atoms with Crippen LogP contribution in [0, 0.1) is 0 Å². The molecule has 1 fully saturated rings. The topological polar surface area (TPSA) is 220 Å². The number of halogens is 1. The first-order valence-corrected chi connectivity index (χ1v) is 10.8. The van der Waals surface area contributed by atoms with E-state index in [1.807, 2.05) is 0 Å². The standard InChI is InChI=1S/C13H15ClN6O9S2/c1-28-19-8(5-4-30-13(16-5)17-7(21)2-14)10(22)18-9-6(3-29-12(15)24)20(11(9)23)31(25,26)27/h4,6,9H,2-3H2,1H3,(H2,15,24)(H,18,22)(H,16,17,21)(H,25,26,27)/t6-,9+/m0/s1. The Bertz CT molecular complexity index is 1030. The number of nitrogens with one attached hydrogen (secondary N) is 2. The number of nitrogens with two attached hydrogens (primary N) is 1. The molecule has 2 rings (SSSR count). The summed E-state index contributed by atoms with van der Waals surface area (Å²) in [6, 6.07) is -2.97. The van der Waals surface area contributed by atoms with Crippen LogP contribution in [0.1, 0.15) is 5.69 Å². The quantitative estimate of drug-likeness (QED) is 0.0989. The fourth-order valence-corrected chi connectivity index (χ4v) is 4.03. The fourth-order valence-electron chi connectivity index (χ4n) is 2.39. The summed E-state index contributed by atoms with van der Waals surface area (Å²) < 4.78 is 36.4. The van der Waals surface area contributed by atoms with Crippen molar-refractivity contribution in [3.05, 3.63) is 11.1 Å². The second-order valence-corrected chi connectivity index (χ2v) is 8.02. The average molecular weight is 499 g/mol. The van der Waals surface area contributed by atoms with Crippen LogP contribution in [-0.4, -0.2) is 83.5 Å². The van der Waals surface area contributed by atoms with E-state index in [0.717, 1.165) is 18.4 Å². The van der Waals surface area contributed by atoms with E-state index in [9.17, 15) is 27.6 Å². The molecule has 0 aliphatic carbocycles. The highest BCUT2D eigenvalue weighted by atomic mass is 35.5. The molecule has 4 amide bonds. The molecule has 0 radical (unpaired) electrons.